The molecule has 0 saturated carbocycles. The Labute approximate surface area is 186 Å². The van der Waals surface area contributed by atoms with Crippen molar-refractivity contribution in [3.05, 3.63) is 0 Å². The van der Waals surface area contributed by atoms with E-state index in [2.05, 4.69) is 4.98 Å². The molecule has 114 valence electrons. The number of aromatic nitrogens is 1. The number of fused-ring (bicyclic) bond motifs is 7. The molecule has 2 aromatic heterocycles. The molecule has 3 aromatic carbocycles. The predicted molar refractivity (Wildman–Crippen MR) is 137 cm³/mol. The van der Waals surface area contributed by atoms with Crippen molar-refractivity contribution in [1.29, 1.82) is 0 Å². The largest absolute Gasteiger partial charge is 0.457 e. The maximum absolute atomic E-state index is 6.33. The Bertz CT molecular complexity index is 1480. The smallest absolute Gasteiger partial charge is 0.128 e. The zero-order chi connectivity index (χ0) is 21.8. The molecule has 0 amide bonds. The van der Waals surface area contributed by atoms with E-state index >= 15 is 0 Å². The molecule has 2 heterocycles. The van der Waals surface area contributed by atoms with E-state index in [0.717, 1.165) is 0 Å². The van der Waals surface area contributed by atoms with Gasteiger partial charge in [-0.05, 0) is 5.39 Å². The second-order valence-corrected chi connectivity index (χ2v) is 7.27. The van der Waals surface area contributed by atoms with Gasteiger partial charge in [-0.2, -0.15) is 0 Å². The number of nitrogens with one attached hydrogen (secondary N) is 1. The highest BCUT2D eigenvalue weighted by atomic mass is 16.3. The minimum atomic E-state index is 0.113. The highest BCUT2D eigenvalue weighted by molar-refractivity contribution is 6.70. The number of H-pyrrole nitrogens is 1. The summed E-state index contributed by atoms with van der Waals surface area (Å²) in [5.74, 6) is 0. The highest BCUT2D eigenvalue weighted by Crippen LogP contribution is 2.33. The monoisotopic (exact) mass is 357 g/mol. The van der Waals surface area contributed by atoms with Crippen LogP contribution in [0.2, 0.25) is 0 Å². The molecule has 0 spiro atoms. The summed E-state index contributed by atoms with van der Waals surface area (Å²) >= 11 is 0. The fraction of sp³-hybridized carbons (Fsp3) is 0. The summed E-state index contributed by atoms with van der Waals surface area (Å²) in [5.41, 5.74) is 3.12. The first-order chi connectivity index (χ1) is 14.1. The number of aromatic amines is 1. The van der Waals surface area contributed by atoms with Crippen LogP contribution in [-0.2, 0) is 0 Å². The molecule has 5 aromatic rings. The van der Waals surface area contributed by atoms with Crippen molar-refractivity contribution < 1.29 is 4.42 Å². The number of rotatable bonds is 0. The molecule has 0 unspecified atom stereocenters. The van der Waals surface area contributed by atoms with E-state index in [9.17, 15) is 0 Å². The van der Waals surface area contributed by atoms with Crippen molar-refractivity contribution in [3.8, 4) is 0 Å². The van der Waals surface area contributed by atoms with Crippen molar-refractivity contribution in [2.24, 2.45) is 0 Å². The van der Waals surface area contributed by atoms with Gasteiger partial charge < -0.3 is 9.40 Å². The summed E-state index contributed by atoms with van der Waals surface area (Å²) in [7, 11) is 61.8. The van der Waals surface area contributed by atoms with Crippen molar-refractivity contribution in [1.82, 2.24) is 4.98 Å². The van der Waals surface area contributed by atoms with E-state index in [1.807, 2.05) is 0 Å². The lowest BCUT2D eigenvalue weighted by molar-refractivity contribution is 0.675. The van der Waals surface area contributed by atoms with Crippen LogP contribution >= 0.6 is 0 Å². The maximum atomic E-state index is 6.33. The molecule has 0 atom stereocenters. The lowest BCUT2D eigenvalue weighted by atomic mass is 9.64. The standard InChI is InChI=1S/C18HB10NO/c19-5-3-1-2-4-6(20)8(22)10(24)13(27)18(4)30-17(2)14(28)12(26)15(1)29-16(3)11(25)9(23)7(5)21/h29H. The SMILES string of the molecule is [B]c1c([B])c([B])c2c([nH]c3c([B])c([B])c4oc5c([B])c([B])c([B])c([B])c5c4c32)c1[B]. The number of furan rings is 1. The fourth-order valence-corrected chi connectivity index (χ4v) is 4.09. The summed E-state index contributed by atoms with van der Waals surface area (Å²) < 4.78 is 5.97. The molecule has 0 fully saturated rings. The van der Waals surface area contributed by atoms with E-state index in [4.69, 9.17) is 82.9 Å². The van der Waals surface area contributed by atoms with Gasteiger partial charge in [-0.15, -0.1) is 21.9 Å². The summed E-state index contributed by atoms with van der Waals surface area (Å²) in [5, 5.41) is 1.99. The molecular weight excluding hydrogens is 354 g/mol. The second kappa shape index (κ2) is 6.22. The van der Waals surface area contributed by atoms with Gasteiger partial charge in [0.2, 0.25) is 0 Å². The van der Waals surface area contributed by atoms with Gasteiger partial charge >= 0.3 is 0 Å². The van der Waals surface area contributed by atoms with Crippen molar-refractivity contribution in [3.63, 3.8) is 0 Å². The zero-order valence-corrected chi connectivity index (χ0v) is 15.7. The van der Waals surface area contributed by atoms with Gasteiger partial charge in [0.1, 0.15) is 89.6 Å². The molecular formula is C18HB10NO. The molecule has 12 heteroatoms. The Hall–Kier alpha value is -2.09. The van der Waals surface area contributed by atoms with Crippen LogP contribution in [0.1, 0.15) is 0 Å². The zero-order valence-electron chi connectivity index (χ0n) is 15.7. The lowest BCUT2D eigenvalue weighted by Crippen LogP contribution is -2.47. The molecule has 1 N–H and O–H groups in total. The van der Waals surface area contributed by atoms with Crippen molar-refractivity contribution >= 4 is 177 Å². The predicted octanol–water partition coefficient (Wildman–Crippen LogP) is -6.84. The molecule has 30 heavy (non-hydrogen) atoms. The Morgan fingerprint density at radius 1 is 0.367 bits per heavy atom. The minimum Gasteiger partial charge on any atom is -0.457 e. The quantitative estimate of drug-likeness (QED) is 0.275. The first-order valence-corrected chi connectivity index (χ1v) is 8.79. The van der Waals surface area contributed by atoms with Gasteiger partial charge in [0.05, 0.1) is 0 Å². The van der Waals surface area contributed by atoms with E-state index in [0.29, 0.717) is 32.6 Å². The van der Waals surface area contributed by atoms with E-state index < -0.39 is 0 Å². The Morgan fingerprint density at radius 3 is 1.40 bits per heavy atom. The van der Waals surface area contributed by atoms with Crippen LogP contribution in [0.25, 0.3) is 43.7 Å². The molecule has 20 radical (unpaired) electrons. The third kappa shape index (κ3) is 2.18. The van der Waals surface area contributed by atoms with E-state index in [1.54, 1.807) is 0 Å². The summed E-state index contributed by atoms with van der Waals surface area (Å²) in [6, 6.07) is 0. The summed E-state index contributed by atoms with van der Waals surface area (Å²) in [6.07, 6.45) is 0. The van der Waals surface area contributed by atoms with E-state index in [-0.39, 0.29) is 65.8 Å². The highest BCUT2D eigenvalue weighted by Gasteiger charge is 2.23. The Kier molecular flexibility index (Phi) is 4.11. The van der Waals surface area contributed by atoms with Crippen LogP contribution in [0.3, 0.4) is 0 Å². The second-order valence-electron chi connectivity index (χ2n) is 7.27. The van der Waals surface area contributed by atoms with Crippen LogP contribution in [0.4, 0.5) is 0 Å². The lowest BCUT2D eigenvalue weighted by Gasteiger charge is -2.14. The average Bonchev–Trinajstić information content (AvgIpc) is 3.31. The molecule has 2 nitrogen and oxygen atoms in total. The van der Waals surface area contributed by atoms with Crippen molar-refractivity contribution in [2.45, 2.75) is 0 Å². The third-order valence-corrected chi connectivity index (χ3v) is 5.76. The van der Waals surface area contributed by atoms with Crippen LogP contribution in [0.5, 0.6) is 0 Å². The van der Waals surface area contributed by atoms with Crippen LogP contribution < -0.4 is 54.6 Å². The summed E-state index contributed by atoms with van der Waals surface area (Å²) in [6.45, 7) is 0. The fourth-order valence-electron chi connectivity index (χ4n) is 4.09. The van der Waals surface area contributed by atoms with Gasteiger partial charge in [-0.3, -0.25) is 0 Å². The van der Waals surface area contributed by atoms with Gasteiger partial charge in [0, 0.05) is 27.2 Å². The van der Waals surface area contributed by atoms with Gasteiger partial charge in [0.25, 0.3) is 0 Å². The average molecular weight is 355 g/mol. The van der Waals surface area contributed by atoms with E-state index in [1.165, 1.54) is 0 Å². The normalized spacial score (nSPS) is 12.0. The molecule has 0 bridgehead atoms. The number of hydrogen-bond acceptors (Lipinski definition) is 1. The first-order valence-electron chi connectivity index (χ1n) is 8.79. The minimum absolute atomic E-state index is 0.113. The third-order valence-electron chi connectivity index (χ3n) is 5.76. The summed E-state index contributed by atoms with van der Waals surface area (Å²) in [4.78, 5) is 3.16. The van der Waals surface area contributed by atoms with Gasteiger partial charge in [0.15, 0.2) is 0 Å². The molecule has 0 aliphatic rings. The topological polar surface area (TPSA) is 28.9 Å². The van der Waals surface area contributed by atoms with Crippen LogP contribution in [0.15, 0.2) is 4.42 Å². The van der Waals surface area contributed by atoms with Crippen LogP contribution in [-0.4, -0.2) is 83.4 Å². The molecule has 0 aliphatic carbocycles. The molecule has 0 saturated heterocycles. The van der Waals surface area contributed by atoms with Gasteiger partial charge in [-0.1, -0.05) is 32.8 Å². The van der Waals surface area contributed by atoms with Crippen LogP contribution in [0, 0.1) is 0 Å². The maximum Gasteiger partial charge on any atom is 0.128 e. The number of benzene rings is 3. The number of hydrogen-bond donors (Lipinski definition) is 1. The van der Waals surface area contributed by atoms with Gasteiger partial charge in [-0.25, -0.2) is 0 Å². The Morgan fingerprint density at radius 2 is 0.767 bits per heavy atom. The first kappa shape index (κ1) is 19.8. The Balaban J connectivity index is 2.24. The molecule has 0 aliphatic heterocycles. The molecule has 5 rings (SSSR count). The van der Waals surface area contributed by atoms with Crippen molar-refractivity contribution in [2.75, 3.05) is 0 Å².